The highest BCUT2D eigenvalue weighted by Gasteiger charge is 2.28. The number of carbonyl (C=O) groups is 1. The Bertz CT molecular complexity index is 474. The van der Waals surface area contributed by atoms with Gasteiger partial charge in [0.1, 0.15) is 11.8 Å². The van der Waals surface area contributed by atoms with E-state index in [1.54, 1.807) is 6.07 Å². The molecule has 2 atom stereocenters. The van der Waals surface area contributed by atoms with Crippen molar-refractivity contribution in [1.29, 1.82) is 0 Å². The van der Waals surface area contributed by atoms with Crippen LogP contribution < -0.4 is 16.0 Å². The molecule has 1 saturated heterocycles. The van der Waals surface area contributed by atoms with E-state index in [1.807, 2.05) is 30.9 Å². The summed E-state index contributed by atoms with van der Waals surface area (Å²) in [5, 5.41) is 12.9. The summed E-state index contributed by atoms with van der Waals surface area (Å²) >= 11 is 0. The maximum atomic E-state index is 11.8. The van der Waals surface area contributed by atoms with Gasteiger partial charge in [0.05, 0.1) is 0 Å². The maximum absolute atomic E-state index is 11.8. The summed E-state index contributed by atoms with van der Waals surface area (Å²) in [5.74, 6) is 0.234. The number of hydrogen-bond donors (Lipinski definition) is 3. The van der Waals surface area contributed by atoms with Crippen LogP contribution in [-0.2, 0) is 4.79 Å². The van der Waals surface area contributed by atoms with Crippen LogP contribution in [0.15, 0.2) is 18.2 Å². The van der Waals surface area contributed by atoms with E-state index < -0.39 is 0 Å². The highest BCUT2D eigenvalue weighted by atomic mass is 16.3. The minimum Gasteiger partial charge on any atom is -0.508 e. The van der Waals surface area contributed by atoms with Crippen molar-refractivity contribution < 1.29 is 9.90 Å². The lowest BCUT2D eigenvalue weighted by atomic mass is 10.0. The maximum Gasteiger partial charge on any atom is 0.242 e. The summed E-state index contributed by atoms with van der Waals surface area (Å²) in [6.45, 7) is 5.20. The monoisotopic (exact) mass is 263 g/mol. The molecule has 5 heteroatoms. The highest BCUT2D eigenvalue weighted by molar-refractivity contribution is 5.86. The zero-order valence-corrected chi connectivity index (χ0v) is 11.4. The molecule has 1 heterocycles. The van der Waals surface area contributed by atoms with E-state index in [0.29, 0.717) is 6.54 Å². The number of phenols is 1. The first-order valence-corrected chi connectivity index (χ1v) is 6.67. The molecule has 0 bridgehead atoms. The van der Waals surface area contributed by atoms with Gasteiger partial charge in [-0.3, -0.25) is 4.79 Å². The molecule has 0 saturated carbocycles. The van der Waals surface area contributed by atoms with Crippen molar-refractivity contribution in [1.82, 2.24) is 5.32 Å². The summed E-state index contributed by atoms with van der Waals surface area (Å²) in [5.41, 5.74) is 7.37. The number of amides is 1. The van der Waals surface area contributed by atoms with Crippen molar-refractivity contribution in [3.8, 4) is 5.75 Å². The van der Waals surface area contributed by atoms with Gasteiger partial charge >= 0.3 is 0 Å². The van der Waals surface area contributed by atoms with E-state index in [-0.39, 0.29) is 23.7 Å². The summed E-state index contributed by atoms with van der Waals surface area (Å²) in [6, 6.07) is 5.06. The Morgan fingerprint density at radius 1 is 1.58 bits per heavy atom. The van der Waals surface area contributed by atoms with Crippen LogP contribution in [0, 0.1) is 0 Å². The fourth-order valence-corrected chi connectivity index (χ4v) is 2.53. The predicted octanol–water partition coefficient (Wildman–Crippen LogP) is 1.13. The molecule has 2 rings (SSSR count). The van der Waals surface area contributed by atoms with E-state index in [2.05, 4.69) is 5.32 Å². The number of carbonyl (C=O) groups excluding carboxylic acids is 1. The van der Waals surface area contributed by atoms with Crippen LogP contribution in [0.4, 0.5) is 5.69 Å². The van der Waals surface area contributed by atoms with Crippen LogP contribution in [0.25, 0.3) is 0 Å². The van der Waals surface area contributed by atoms with E-state index in [4.69, 9.17) is 5.73 Å². The fraction of sp³-hybridized carbons (Fsp3) is 0.500. The van der Waals surface area contributed by atoms with Gasteiger partial charge in [-0.05, 0) is 19.4 Å². The Labute approximate surface area is 113 Å². The van der Waals surface area contributed by atoms with E-state index in [0.717, 1.165) is 24.2 Å². The first-order chi connectivity index (χ1) is 9.04. The Hall–Kier alpha value is -1.75. The summed E-state index contributed by atoms with van der Waals surface area (Å²) in [4.78, 5) is 13.9. The quantitative estimate of drug-likeness (QED) is 0.764. The summed E-state index contributed by atoms with van der Waals surface area (Å²) < 4.78 is 0. The summed E-state index contributed by atoms with van der Waals surface area (Å²) in [7, 11) is 0. The van der Waals surface area contributed by atoms with Crippen LogP contribution in [0.1, 0.15) is 31.9 Å². The predicted molar refractivity (Wildman–Crippen MR) is 75.1 cm³/mol. The molecule has 0 aliphatic carbocycles. The first kappa shape index (κ1) is 13.7. The van der Waals surface area contributed by atoms with Crippen LogP contribution in [0.3, 0.4) is 0 Å². The summed E-state index contributed by atoms with van der Waals surface area (Å²) in [6.07, 6.45) is 0.738. The molecule has 0 aromatic heterocycles. The van der Waals surface area contributed by atoms with Gasteiger partial charge in [-0.2, -0.15) is 0 Å². The molecule has 4 N–H and O–H groups in total. The van der Waals surface area contributed by atoms with Crippen molar-refractivity contribution in [2.75, 3.05) is 18.0 Å². The molecule has 0 spiro atoms. The minimum absolute atomic E-state index is 0.0458. The number of nitrogens with two attached hydrogens (primary N) is 1. The molecule has 1 aromatic carbocycles. The Morgan fingerprint density at radius 3 is 2.89 bits per heavy atom. The molecule has 1 amide bonds. The van der Waals surface area contributed by atoms with Crippen LogP contribution in [-0.4, -0.2) is 30.1 Å². The molecule has 1 fully saturated rings. The van der Waals surface area contributed by atoms with Crippen molar-refractivity contribution in [2.45, 2.75) is 32.4 Å². The lowest BCUT2D eigenvalue weighted by Gasteiger charge is -2.36. The molecular weight excluding hydrogens is 242 g/mol. The molecule has 2 unspecified atom stereocenters. The molecule has 0 radical (unpaired) electrons. The lowest BCUT2D eigenvalue weighted by Crippen LogP contribution is -2.55. The molecule has 5 nitrogen and oxygen atoms in total. The molecule has 1 aromatic rings. The van der Waals surface area contributed by atoms with E-state index in [9.17, 15) is 9.90 Å². The number of benzene rings is 1. The number of nitrogens with one attached hydrogen (secondary N) is 1. The molecule has 104 valence electrons. The average Bonchev–Trinajstić information content (AvgIpc) is 2.37. The second-order valence-corrected chi connectivity index (χ2v) is 4.94. The number of piperazine rings is 1. The van der Waals surface area contributed by atoms with E-state index >= 15 is 0 Å². The van der Waals surface area contributed by atoms with Gasteiger partial charge in [-0.15, -0.1) is 0 Å². The van der Waals surface area contributed by atoms with Crippen molar-refractivity contribution in [3.05, 3.63) is 23.8 Å². The van der Waals surface area contributed by atoms with Gasteiger partial charge < -0.3 is 21.1 Å². The van der Waals surface area contributed by atoms with Gasteiger partial charge in [-0.1, -0.05) is 13.0 Å². The number of rotatable bonds is 3. The Balaban J connectivity index is 2.30. The van der Waals surface area contributed by atoms with Crippen molar-refractivity contribution >= 4 is 11.6 Å². The Morgan fingerprint density at radius 2 is 2.32 bits per heavy atom. The second-order valence-electron chi connectivity index (χ2n) is 4.94. The molecule has 19 heavy (non-hydrogen) atoms. The fourth-order valence-electron chi connectivity index (χ4n) is 2.53. The Kier molecular flexibility index (Phi) is 3.95. The van der Waals surface area contributed by atoms with Crippen LogP contribution >= 0.6 is 0 Å². The normalized spacial score (nSPS) is 21.1. The number of phenolic OH excluding ortho intramolecular Hbond substituents is 1. The molecule has 1 aliphatic heterocycles. The van der Waals surface area contributed by atoms with Crippen LogP contribution in [0.2, 0.25) is 0 Å². The van der Waals surface area contributed by atoms with E-state index in [1.165, 1.54) is 0 Å². The van der Waals surface area contributed by atoms with Crippen molar-refractivity contribution in [2.24, 2.45) is 5.73 Å². The first-order valence-electron chi connectivity index (χ1n) is 6.67. The number of hydrogen-bond acceptors (Lipinski definition) is 4. The van der Waals surface area contributed by atoms with Gasteiger partial charge in [-0.25, -0.2) is 0 Å². The van der Waals surface area contributed by atoms with Gasteiger partial charge in [0.25, 0.3) is 0 Å². The minimum atomic E-state index is -0.208. The topological polar surface area (TPSA) is 78.6 Å². The number of nitrogens with zero attached hydrogens (tertiary/aromatic N) is 1. The van der Waals surface area contributed by atoms with Gasteiger partial charge in [0.15, 0.2) is 0 Å². The highest BCUT2D eigenvalue weighted by Crippen LogP contribution is 2.29. The third-order valence-electron chi connectivity index (χ3n) is 3.55. The lowest BCUT2D eigenvalue weighted by molar-refractivity contribution is -0.123. The number of aromatic hydroxyl groups is 1. The third kappa shape index (κ3) is 2.66. The van der Waals surface area contributed by atoms with Gasteiger partial charge in [0.2, 0.25) is 5.91 Å². The zero-order chi connectivity index (χ0) is 14.0. The number of anilines is 1. The third-order valence-corrected chi connectivity index (χ3v) is 3.55. The largest absolute Gasteiger partial charge is 0.508 e. The van der Waals surface area contributed by atoms with Crippen molar-refractivity contribution in [3.63, 3.8) is 0 Å². The molecule has 1 aliphatic rings. The zero-order valence-electron chi connectivity index (χ0n) is 11.4. The molecular formula is C14H21N3O2. The van der Waals surface area contributed by atoms with Gasteiger partial charge in [0, 0.05) is 36.4 Å². The SMILES string of the molecule is CCC1C(=O)NCCN1c1ccc(C(C)N)c(O)c1. The standard InChI is InChI=1S/C14H21N3O2/c1-3-12-14(19)16-6-7-17(12)10-4-5-11(9(2)15)13(18)8-10/h4-5,8-9,12,18H,3,6-7,15H2,1-2H3,(H,16,19). The smallest absolute Gasteiger partial charge is 0.242 e. The van der Waals surface area contributed by atoms with Crippen LogP contribution in [0.5, 0.6) is 5.75 Å². The second kappa shape index (κ2) is 5.48. The average molecular weight is 263 g/mol.